The predicted molar refractivity (Wildman–Crippen MR) is 60.7 cm³/mol. The van der Waals surface area contributed by atoms with Crippen LogP contribution in [0.2, 0.25) is 0 Å². The number of esters is 1. The molecule has 1 unspecified atom stereocenters. The summed E-state index contributed by atoms with van der Waals surface area (Å²) < 4.78 is 9.89. The Bertz CT molecular complexity index is 364. The second-order valence-electron chi connectivity index (χ2n) is 3.51. The molecule has 0 radical (unpaired) electrons. The molecule has 17 heavy (non-hydrogen) atoms. The predicted octanol–water partition coefficient (Wildman–Crippen LogP) is 0.134. The van der Waals surface area contributed by atoms with Crippen molar-refractivity contribution in [1.82, 2.24) is 0 Å². The van der Waals surface area contributed by atoms with Gasteiger partial charge in [-0.1, -0.05) is 18.2 Å². The smallest absolute Gasteiger partial charge is 0.310 e. The van der Waals surface area contributed by atoms with Crippen LogP contribution in [0.4, 0.5) is 0 Å². The monoisotopic (exact) mass is 240 g/mol. The molecule has 0 saturated heterocycles. The molecule has 0 aromatic heterocycles. The lowest BCUT2D eigenvalue weighted by Gasteiger charge is -2.12. The van der Waals surface area contributed by atoms with Crippen LogP contribution < -0.4 is 4.74 Å². The number of aliphatic hydroxyl groups is 2. The molecule has 0 amide bonds. The van der Waals surface area contributed by atoms with Crippen molar-refractivity contribution in [2.75, 3.05) is 20.3 Å². The molecular weight excluding hydrogens is 224 g/mol. The minimum atomic E-state index is -0.929. The number of carbonyl (C=O) groups excluding carboxylic acids is 1. The molecule has 1 rings (SSSR count). The number of benzene rings is 1. The molecule has 1 aromatic carbocycles. The van der Waals surface area contributed by atoms with Gasteiger partial charge in [0.25, 0.3) is 0 Å². The van der Waals surface area contributed by atoms with Crippen LogP contribution in [0.1, 0.15) is 5.56 Å². The van der Waals surface area contributed by atoms with Gasteiger partial charge in [0.05, 0.1) is 20.1 Å². The Labute approximate surface area is 99.6 Å². The molecule has 0 aliphatic heterocycles. The van der Waals surface area contributed by atoms with Crippen molar-refractivity contribution in [2.24, 2.45) is 0 Å². The Morgan fingerprint density at radius 3 is 2.76 bits per heavy atom. The maximum Gasteiger partial charge on any atom is 0.310 e. The van der Waals surface area contributed by atoms with Crippen molar-refractivity contribution in [3.63, 3.8) is 0 Å². The fraction of sp³-hybridized carbons (Fsp3) is 0.417. The Morgan fingerprint density at radius 1 is 1.41 bits per heavy atom. The molecule has 0 heterocycles. The molecular formula is C12H16O5. The zero-order chi connectivity index (χ0) is 12.7. The molecule has 1 aromatic rings. The number of para-hydroxylation sites is 1. The summed E-state index contributed by atoms with van der Waals surface area (Å²) in [5, 5.41) is 17.8. The normalized spacial score (nSPS) is 11.9. The van der Waals surface area contributed by atoms with E-state index in [0.29, 0.717) is 11.3 Å². The number of hydrogen-bond donors (Lipinski definition) is 2. The first-order valence-electron chi connectivity index (χ1n) is 5.23. The second kappa shape index (κ2) is 6.88. The number of carbonyl (C=O) groups is 1. The lowest BCUT2D eigenvalue weighted by Crippen LogP contribution is -2.21. The van der Waals surface area contributed by atoms with Crippen molar-refractivity contribution in [3.05, 3.63) is 29.8 Å². The summed E-state index contributed by atoms with van der Waals surface area (Å²) in [6, 6.07) is 7.00. The minimum absolute atomic E-state index is 0.0192. The number of hydrogen-bond acceptors (Lipinski definition) is 5. The van der Waals surface area contributed by atoms with Gasteiger partial charge in [0.15, 0.2) is 0 Å². The highest BCUT2D eigenvalue weighted by molar-refractivity contribution is 5.73. The van der Waals surface area contributed by atoms with E-state index in [0.717, 1.165) is 0 Å². The lowest BCUT2D eigenvalue weighted by atomic mass is 10.1. The Balaban J connectivity index is 2.67. The molecule has 0 spiro atoms. The summed E-state index contributed by atoms with van der Waals surface area (Å²) in [5.41, 5.74) is 0.685. The Hall–Kier alpha value is -1.59. The third-order valence-corrected chi connectivity index (χ3v) is 2.18. The van der Waals surface area contributed by atoms with Crippen LogP contribution in [0.25, 0.3) is 0 Å². The fourth-order valence-corrected chi connectivity index (χ4v) is 1.26. The van der Waals surface area contributed by atoms with Crippen molar-refractivity contribution in [3.8, 4) is 5.75 Å². The maximum absolute atomic E-state index is 11.2. The highest BCUT2D eigenvalue weighted by atomic mass is 16.5. The largest absolute Gasteiger partial charge is 0.490 e. The quantitative estimate of drug-likeness (QED) is 0.691. The van der Waals surface area contributed by atoms with E-state index < -0.39 is 6.10 Å². The SMILES string of the molecule is COC(=O)Cc1ccccc1OCC(O)CO. The maximum atomic E-state index is 11.2. The van der Waals surface area contributed by atoms with E-state index in [1.165, 1.54) is 7.11 Å². The number of aliphatic hydroxyl groups excluding tert-OH is 2. The first kappa shape index (κ1) is 13.5. The first-order chi connectivity index (χ1) is 8.17. The van der Waals surface area contributed by atoms with E-state index in [1.807, 2.05) is 0 Å². The van der Waals surface area contributed by atoms with Gasteiger partial charge in [0.2, 0.25) is 0 Å². The average Bonchev–Trinajstić information content (AvgIpc) is 2.37. The van der Waals surface area contributed by atoms with Crippen molar-refractivity contribution >= 4 is 5.97 Å². The van der Waals surface area contributed by atoms with Gasteiger partial charge in [-0.25, -0.2) is 0 Å². The topological polar surface area (TPSA) is 76.0 Å². The number of ether oxygens (including phenoxy) is 2. The van der Waals surface area contributed by atoms with Crippen LogP contribution in [0.3, 0.4) is 0 Å². The molecule has 5 nitrogen and oxygen atoms in total. The molecule has 0 aliphatic carbocycles. The molecule has 2 N–H and O–H groups in total. The fourth-order valence-electron chi connectivity index (χ4n) is 1.26. The molecule has 0 saturated carbocycles. The third-order valence-electron chi connectivity index (χ3n) is 2.18. The van der Waals surface area contributed by atoms with E-state index in [1.54, 1.807) is 24.3 Å². The van der Waals surface area contributed by atoms with Gasteiger partial charge >= 0.3 is 5.97 Å². The van der Waals surface area contributed by atoms with Crippen LogP contribution in [0, 0.1) is 0 Å². The van der Waals surface area contributed by atoms with Crippen LogP contribution in [0.5, 0.6) is 5.75 Å². The van der Waals surface area contributed by atoms with Gasteiger partial charge in [0.1, 0.15) is 18.5 Å². The summed E-state index contributed by atoms with van der Waals surface area (Å²) >= 11 is 0. The second-order valence-corrected chi connectivity index (χ2v) is 3.51. The summed E-state index contributed by atoms with van der Waals surface area (Å²) in [7, 11) is 1.32. The van der Waals surface area contributed by atoms with Crippen LogP contribution in [-0.4, -0.2) is 42.6 Å². The van der Waals surface area contributed by atoms with E-state index in [9.17, 15) is 9.90 Å². The van der Waals surface area contributed by atoms with Gasteiger partial charge in [0, 0.05) is 5.56 Å². The summed E-state index contributed by atoms with van der Waals surface area (Å²) in [5.74, 6) is 0.147. The van der Waals surface area contributed by atoms with Crippen molar-refractivity contribution in [2.45, 2.75) is 12.5 Å². The van der Waals surface area contributed by atoms with E-state index >= 15 is 0 Å². The van der Waals surface area contributed by atoms with Gasteiger partial charge in [-0.05, 0) is 6.07 Å². The standard InChI is InChI=1S/C12H16O5/c1-16-12(15)6-9-4-2-3-5-11(9)17-8-10(14)7-13/h2-5,10,13-14H,6-8H2,1H3. The molecule has 1 atom stereocenters. The van der Waals surface area contributed by atoms with Gasteiger partial charge in [-0.2, -0.15) is 0 Å². The van der Waals surface area contributed by atoms with Crippen LogP contribution >= 0.6 is 0 Å². The Morgan fingerprint density at radius 2 is 2.12 bits per heavy atom. The van der Waals surface area contributed by atoms with E-state index in [4.69, 9.17) is 9.84 Å². The summed E-state index contributed by atoms with van der Waals surface area (Å²) in [4.78, 5) is 11.2. The first-order valence-corrected chi connectivity index (χ1v) is 5.23. The van der Waals surface area contributed by atoms with E-state index in [-0.39, 0.29) is 25.6 Å². The molecule has 0 bridgehead atoms. The van der Waals surface area contributed by atoms with Gasteiger partial charge in [-0.3, -0.25) is 4.79 Å². The number of rotatable bonds is 6. The van der Waals surface area contributed by atoms with Crippen molar-refractivity contribution < 1.29 is 24.5 Å². The molecule has 5 heteroatoms. The minimum Gasteiger partial charge on any atom is -0.490 e. The summed E-state index contributed by atoms with van der Waals surface area (Å²) in [6.07, 6.45) is -0.816. The zero-order valence-electron chi connectivity index (χ0n) is 9.63. The molecule has 94 valence electrons. The molecule has 0 fully saturated rings. The highest BCUT2D eigenvalue weighted by Gasteiger charge is 2.10. The molecule has 0 aliphatic rings. The Kier molecular flexibility index (Phi) is 5.45. The zero-order valence-corrected chi connectivity index (χ0v) is 9.63. The van der Waals surface area contributed by atoms with Gasteiger partial charge in [-0.15, -0.1) is 0 Å². The average molecular weight is 240 g/mol. The van der Waals surface area contributed by atoms with Crippen LogP contribution in [0.15, 0.2) is 24.3 Å². The van der Waals surface area contributed by atoms with Crippen LogP contribution in [-0.2, 0) is 16.0 Å². The number of methoxy groups -OCH3 is 1. The van der Waals surface area contributed by atoms with Gasteiger partial charge < -0.3 is 19.7 Å². The summed E-state index contributed by atoms with van der Waals surface area (Å²) in [6.45, 7) is -0.381. The highest BCUT2D eigenvalue weighted by Crippen LogP contribution is 2.19. The van der Waals surface area contributed by atoms with E-state index in [2.05, 4.69) is 4.74 Å². The van der Waals surface area contributed by atoms with Crippen molar-refractivity contribution in [1.29, 1.82) is 0 Å². The lowest BCUT2D eigenvalue weighted by molar-refractivity contribution is -0.139. The third kappa shape index (κ3) is 4.42.